The molecule has 17 heavy (non-hydrogen) atoms. The van der Waals surface area contributed by atoms with Crippen LogP contribution in [0.15, 0.2) is 0 Å². The lowest BCUT2D eigenvalue weighted by molar-refractivity contribution is -0.141. The molecule has 0 fully saturated rings. The molecule has 0 unspecified atom stereocenters. The minimum Gasteiger partial charge on any atom is -0.469 e. The molecular formula is C13H25NO3. The van der Waals surface area contributed by atoms with E-state index in [1.807, 2.05) is 0 Å². The van der Waals surface area contributed by atoms with Gasteiger partial charge in [0, 0.05) is 26.4 Å². The number of ether oxygens (including phenoxy) is 1. The first-order valence-electron chi connectivity index (χ1n) is 6.42. The van der Waals surface area contributed by atoms with Crippen molar-refractivity contribution in [3.05, 3.63) is 0 Å². The maximum Gasteiger partial charge on any atom is 0.305 e. The summed E-state index contributed by atoms with van der Waals surface area (Å²) in [5.74, 6) is -0.0419. The molecule has 0 aliphatic heterocycles. The molecule has 0 aromatic heterocycles. The highest BCUT2D eigenvalue weighted by molar-refractivity contribution is 5.75. The highest BCUT2D eigenvalue weighted by Crippen LogP contribution is 2.05. The Hall–Kier alpha value is -1.06. The van der Waals surface area contributed by atoms with Gasteiger partial charge in [0.05, 0.1) is 7.11 Å². The Balaban J connectivity index is 3.56. The van der Waals surface area contributed by atoms with Gasteiger partial charge in [-0.05, 0) is 12.8 Å². The molecular weight excluding hydrogens is 218 g/mol. The normalized spacial score (nSPS) is 10.1. The summed E-state index contributed by atoms with van der Waals surface area (Å²) >= 11 is 0. The lowest BCUT2D eigenvalue weighted by Crippen LogP contribution is -2.27. The molecule has 1 amide bonds. The van der Waals surface area contributed by atoms with Gasteiger partial charge in [0.2, 0.25) is 5.91 Å². The van der Waals surface area contributed by atoms with Crippen LogP contribution in [0.4, 0.5) is 0 Å². The van der Waals surface area contributed by atoms with Crippen LogP contribution in [-0.2, 0) is 14.3 Å². The average molecular weight is 243 g/mol. The summed E-state index contributed by atoms with van der Waals surface area (Å²) < 4.78 is 4.54. The number of hydrogen-bond donors (Lipinski definition) is 0. The highest BCUT2D eigenvalue weighted by atomic mass is 16.5. The van der Waals surface area contributed by atoms with Crippen molar-refractivity contribution in [2.75, 3.05) is 20.7 Å². The topological polar surface area (TPSA) is 46.6 Å². The first-order valence-corrected chi connectivity index (χ1v) is 6.42. The summed E-state index contributed by atoms with van der Waals surface area (Å²) in [7, 11) is 3.17. The molecule has 0 atom stereocenters. The molecule has 0 aromatic carbocycles. The van der Waals surface area contributed by atoms with E-state index in [4.69, 9.17) is 0 Å². The van der Waals surface area contributed by atoms with Gasteiger partial charge in [-0.15, -0.1) is 0 Å². The van der Waals surface area contributed by atoms with E-state index in [2.05, 4.69) is 11.7 Å². The van der Waals surface area contributed by atoms with E-state index in [1.54, 1.807) is 11.9 Å². The van der Waals surface area contributed by atoms with Crippen molar-refractivity contribution in [2.24, 2.45) is 0 Å². The second-order valence-electron chi connectivity index (χ2n) is 4.31. The fourth-order valence-corrected chi connectivity index (χ4v) is 1.58. The molecule has 0 saturated carbocycles. The minimum atomic E-state index is -0.214. The van der Waals surface area contributed by atoms with Gasteiger partial charge in [0.25, 0.3) is 0 Å². The van der Waals surface area contributed by atoms with E-state index in [0.717, 1.165) is 12.8 Å². The van der Waals surface area contributed by atoms with Crippen molar-refractivity contribution in [2.45, 2.75) is 51.9 Å². The number of unbranched alkanes of at least 4 members (excludes halogenated alkanes) is 3. The van der Waals surface area contributed by atoms with Gasteiger partial charge in [0.1, 0.15) is 0 Å². The lowest BCUT2D eigenvalue weighted by Gasteiger charge is -2.16. The molecule has 4 nitrogen and oxygen atoms in total. The molecule has 0 aliphatic rings. The van der Waals surface area contributed by atoms with Crippen molar-refractivity contribution in [3.63, 3.8) is 0 Å². The van der Waals surface area contributed by atoms with Gasteiger partial charge < -0.3 is 9.64 Å². The van der Waals surface area contributed by atoms with Crippen LogP contribution < -0.4 is 0 Å². The van der Waals surface area contributed by atoms with E-state index < -0.39 is 0 Å². The molecule has 0 rings (SSSR count). The van der Waals surface area contributed by atoms with Crippen molar-refractivity contribution >= 4 is 11.9 Å². The summed E-state index contributed by atoms with van der Waals surface area (Å²) in [6, 6.07) is 0. The van der Waals surface area contributed by atoms with Crippen molar-refractivity contribution in [1.29, 1.82) is 0 Å². The van der Waals surface area contributed by atoms with Crippen molar-refractivity contribution < 1.29 is 14.3 Å². The fourth-order valence-electron chi connectivity index (χ4n) is 1.58. The number of methoxy groups -OCH3 is 1. The van der Waals surface area contributed by atoms with Crippen LogP contribution in [0.3, 0.4) is 0 Å². The molecule has 0 heterocycles. The van der Waals surface area contributed by atoms with Crippen LogP contribution in [0.5, 0.6) is 0 Å². The second kappa shape index (κ2) is 10.1. The maximum atomic E-state index is 11.7. The van der Waals surface area contributed by atoms with Gasteiger partial charge in [-0.25, -0.2) is 0 Å². The predicted octanol–water partition coefficient (Wildman–Crippen LogP) is 2.37. The Morgan fingerprint density at radius 1 is 1.06 bits per heavy atom. The smallest absolute Gasteiger partial charge is 0.305 e. The number of hydrogen-bond acceptors (Lipinski definition) is 3. The number of esters is 1. The minimum absolute atomic E-state index is 0.172. The fraction of sp³-hybridized carbons (Fsp3) is 0.846. The Labute approximate surface area is 104 Å². The number of rotatable bonds is 9. The molecule has 100 valence electrons. The standard InChI is InChI=1S/C13H25NO3/c1-4-5-6-7-9-12(15)14(2)11-8-10-13(16)17-3/h4-11H2,1-3H3. The van der Waals surface area contributed by atoms with Crippen LogP contribution in [0.25, 0.3) is 0 Å². The molecule has 4 heteroatoms. The third-order valence-electron chi connectivity index (χ3n) is 2.77. The zero-order valence-corrected chi connectivity index (χ0v) is 11.3. The van der Waals surface area contributed by atoms with Crippen LogP contribution in [-0.4, -0.2) is 37.5 Å². The number of nitrogens with zero attached hydrogens (tertiary/aromatic N) is 1. The summed E-state index contributed by atoms with van der Waals surface area (Å²) in [6.07, 6.45) is 6.14. The third kappa shape index (κ3) is 8.72. The van der Waals surface area contributed by atoms with Gasteiger partial charge in [-0.2, -0.15) is 0 Å². The van der Waals surface area contributed by atoms with Crippen LogP contribution >= 0.6 is 0 Å². The quantitative estimate of drug-likeness (QED) is 0.461. The SMILES string of the molecule is CCCCCCC(=O)N(C)CCCC(=O)OC. The first-order chi connectivity index (χ1) is 8.11. The highest BCUT2D eigenvalue weighted by Gasteiger charge is 2.08. The monoisotopic (exact) mass is 243 g/mol. The maximum absolute atomic E-state index is 11.7. The predicted molar refractivity (Wildman–Crippen MR) is 67.6 cm³/mol. The second-order valence-corrected chi connectivity index (χ2v) is 4.31. The van der Waals surface area contributed by atoms with E-state index in [-0.39, 0.29) is 11.9 Å². The summed E-state index contributed by atoms with van der Waals surface area (Å²) in [4.78, 5) is 24.2. The van der Waals surface area contributed by atoms with Gasteiger partial charge in [0.15, 0.2) is 0 Å². The molecule has 0 bridgehead atoms. The Morgan fingerprint density at radius 2 is 1.76 bits per heavy atom. The van der Waals surface area contributed by atoms with E-state index in [1.165, 1.54) is 20.0 Å². The van der Waals surface area contributed by atoms with Crippen LogP contribution in [0.1, 0.15) is 51.9 Å². The molecule has 0 aliphatic carbocycles. The zero-order valence-electron chi connectivity index (χ0n) is 11.3. The number of carbonyl (C=O) groups excluding carboxylic acids is 2. The van der Waals surface area contributed by atoms with E-state index in [9.17, 15) is 9.59 Å². The van der Waals surface area contributed by atoms with E-state index >= 15 is 0 Å². The average Bonchev–Trinajstić information content (AvgIpc) is 2.33. The molecule has 0 aromatic rings. The Kier molecular flexibility index (Phi) is 9.49. The van der Waals surface area contributed by atoms with Gasteiger partial charge in [-0.3, -0.25) is 9.59 Å². The lowest BCUT2D eigenvalue weighted by atomic mass is 10.1. The van der Waals surface area contributed by atoms with Crippen LogP contribution in [0, 0.1) is 0 Å². The summed E-state index contributed by atoms with van der Waals surface area (Å²) in [5.41, 5.74) is 0. The molecule has 0 N–H and O–H groups in total. The molecule has 0 radical (unpaired) electrons. The zero-order chi connectivity index (χ0) is 13.1. The number of amides is 1. The molecule has 0 saturated heterocycles. The molecule has 0 spiro atoms. The van der Waals surface area contributed by atoms with Gasteiger partial charge >= 0.3 is 5.97 Å². The summed E-state index contributed by atoms with van der Waals surface area (Å²) in [5, 5.41) is 0. The Bertz CT molecular complexity index is 229. The van der Waals surface area contributed by atoms with E-state index in [0.29, 0.717) is 25.8 Å². The summed E-state index contributed by atoms with van der Waals surface area (Å²) in [6.45, 7) is 2.78. The third-order valence-corrected chi connectivity index (χ3v) is 2.77. The largest absolute Gasteiger partial charge is 0.469 e. The van der Waals surface area contributed by atoms with Crippen molar-refractivity contribution in [1.82, 2.24) is 4.90 Å². The number of carbonyl (C=O) groups is 2. The first kappa shape index (κ1) is 15.9. The van der Waals surface area contributed by atoms with Gasteiger partial charge in [-0.1, -0.05) is 26.2 Å². The Morgan fingerprint density at radius 3 is 2.35 bits per heavy atom. The van der Waals surface area contributed by atoms with Crippen LogP contribution in [0.2, 0.25) is 0 Å². The van der Waals surface area contributed by atoms with Crippen molar-refractivity contribution in [3.8, 4) is 0 Å².